The van der Waals surface area contributed by atoms with Gasteiger partial charge in [-0.15, -0.1) is 11.3 Å². The van der Waals surface area contributed by atoms with Crippen LogP contribution in [0.15, 0.2) is 23.6 Å². The molecule has 5 heteroatoms. The third-order valence-electron chi connectivity index (χ3n) is 3.80. The van der Waals surface area contributed by atoms with E-state index in [1.54, 1.807) is 25.6 Å². The molecule has 1 saturated heterocycles. The van der Waals surface area contributed by atoms with Gasteiger partial charge in [-0.2, -0.15) is 0 Å². The summed E-state index contributed by atoms with van der Waals surface area (Å²) < 4.78 is 10.7. The predicted molar refractivity (Wildman–Crippen MR) is 86.7 cm³/mol. The fourth-order valence-corrected chi connectivity index (χ4v) is 3.51. The number of ether oxygens (including phenoxy) is 2. The van der Waals surface area contributed by atoms with Gasteiger partial charge in [-0.05, 0) is 31.4 Å². The lowest BCUT2D eigenvalue weighted by molar-refractivity contribution is 0.395. The van der Waals surface area contributed by atoms with Crippen LogP contribution in [-0.2, 0) is 0 Å². The fourth-order valence-electron chi connectivity index (χ4n) is 2.63. The summed E-state index contributed by atoms with van der Waals surface area (Å²) in [6.07, 6.45) is 3.86. The second kappa shape index (κ2) is 6.35. The van der Waals surface area contributed by atoms with Gasteiger partial charge in [0.15, 0.2) is 5.13 Å². The molecule has 1 aliphatic heterocycles. The quantitative estimate of drug-likeness (QED) is 0.860. The van der Waals surface area contributed by atoms with Crippen molar-refractivity contribution in [1.29, 1.82) is 0 Å². The van der Waals surface area contributed by atoms with Crippen molar-refractivity contribution in [3.8, 4) is 22.8 Å². The van der Waals surface area contributed by atoms with Gasteiger partial charge >= 0.3 is 0 Å². The topological polar surface area (TPSA) is 34.6 Å². The summed E-state index contributed by atoms with van der Waals surface area (Å²) >= 11 is 1.71. The van der Waals surface area contributed by atoms with Crippen LogP contribution in [-0.4, -0.2) is 32.3 Å². The molecule has 1 aromatic heterocycles. The molecule has 0 N–H and O–H groups in total. The summed E-state index contributed by atoms with van der Waals surface area (Å²) in [5.41, 5.74) is 1.98. The number of hydrogen-bond donors (Lipinski definition) is 0. The summed E-state index contributed by atoms with van der Waals surface area (Å²) in [6, 6.07) is 5.85. The Labute approximate surface area is 129 Å². The Morgan fingerprint density at radius 2 is 1.90 bits per heavy atom. The average Bonchev–Trinajstić information content (AvgIpc) is 3.04. The normalized spacial score (nSPS) is 15.0. The fraction of sp³-hybridized carbons (Fsp3) is 0.438. The minimum Gasteiger partial charge on any atom is -0.497 e. The Kier molecular flexibility index (Phi) is 4.29. The second-order valence-electron chi connectivity index (χ2n) is 5.13. The highest BCUT2D eigenvalue weighted by molar-refractivity contribution is 7.14. The molecule has 2 aromatic rings. The highest BCUT2D eigenvalue weighted by Crippen LogP contribution is 2.36. The molecule has 0 aliphatic carbocycles. The van der Waals surface area contributed by atoms with E-state index in [1.807, 2.05) is 18.2 Å². The van der Waals surface area contributed by atoms with Crippen LogP contribution in [0.5, 0.6) is 11.5 Å². The Balaban J connectivity index is 1.88. The van der Waals surface area contributed by atoms with Gasteiger partial charge in [-0.1, -0.05) is 0 Å². The minimum absolute atomic E-state index is 0.794. The lowest BCUT2D eigenvalue weighted by atomic mass is 10.1. The van der Waals surface area contributed by atoms with Crippen molar-refractivity contribution in [2.24, 2.45) is 0 Å². The van der Waals surface area contributed by atoms with Crippen molar-refractivity contribution in [1.82, 2.24) is 4.98 Å². The standard InChI is InChI=1S/C16H20N2O2S/c1-19-12-6-7-13(15(10-12)20-2)14-11-21-16(17-14)18-8-4-3-5-9-18/h6-7,10-11H,3-5,8-9H2,1-2H3. The van der Waals surface area contributed by atoms with E-state index in [4.69, 9.17) is 14.5 Å². The van der Waals surface area contributed by atoms with E-state index >= 15 is 0 Å². The van der Waals surface area contributed by atoms with Crippen molar-refractivity contribution in [3.05, 3.63) is 23.6 Å². The molecule has 1 aliphatic rings. The van der Waals surface area contributed by atoms with Gasteiger partial charge in [-0.3, -0.25) is 0 Å². The van der Waals surface area contributed by atoms with Gasteiger partial charge in [0.2, 0.25) is 0 Å². The van der Waals surface area contributed by atoms with E-state index in [-0.39, 0.29) is 0 Å². The molecule has 0 unspecified atom stereocenters. The lowest BCUT2D eigenvalue weighted by Gasteiger charge is -2.25. The van der Waals surface area contributed by atoms with Gasteiger partial charge in [0.05, 0.1) is 19.9 Å². The van der Waals surface area contributed by atoms with E-state index in [2.05, 4.69) is 10.3 Å². The van der Waals surface area contributed by atoms with Crippen LogP contribution in [0.1, 0.15) is 19.3 Å². The summed E-state index contributed by atoms with van der Waals surface area (Å²) in [7, 11) is 3.34. The number of nitrogens with zero attached hydrogens (tertiary/aromatic N) is 2. The van der Waals surface area contributed by atoms with Crippen LogP contribution in [0, 0.1) is 0 Å². The molecule has 112 valence electrons. The molecule has 3 rings (SSSR count). The molecule has 0 radical (unpaired) electrons. The third kappa shape index (κ3) is 2.97. The van der Waals surface area contributed by atoms with Gasteiger partial charge < -0.3 is 14.4 Å². The Bertz CT molecular complexity index is 606. The number of hydrogen-bond acceptors (Lipinski definition) is 5. The zero-order valence-electron chi connectivity index (χ0n) is 12.5. The smallest absolute Gasteiger partial charge is 0.185 e. The summed E-state index contributed by atoms with van der Waals surface area (Å²) in [6.45, 7) is 2.24. The number of benzene rings is 1. The van der Waals surface area contributed by atoms with Crippen LogP contribution in [0.3, 0.4) is 0 Å². The summed E-state index contributed by atoms with van der Waals surface area (Å²) in [4.78, 5) is 7.17. The maximum Gasteiger partial charge on any atom is 0.185 e. The molecule has 0 saturated carbocycles. The number of thiazole rings is 1. The van der Waals surface area contributed by atoms with E-state index in [9.17, 15) is 0 Å². The molecule has 0 bridgehead atoms. The second-order valence-corrected chi connectivity index (χ2v) is 5.97. The number of piperidine rings is 1. The number of methoxy groups -OCH3 is 2. The maximum atomic E-state index is 5.47. The highest BCUT2D eigenvalue weighted by Gasteiger charge is 2.16. The minimum atomic E-state index is 0.794. The van der Waals surface area contributed by atoms with E-state index in [0.29, 0.717) is 0 Å². The Morgan fingerprint density at radius 1 is 1.10 bits per heavy atom. The van der Waals surface area contributed by atoms with Gasteiger partial charge in [0.25, 0.3) is 0 Å². The van der Waals surface area contributed by atoms with E-state index < -0.39 is 0 Å². The summed E-state index contributed by atoms with van der Waals surface area (Å²) in [5, 5.41) is 3.22. The lowest BCUT2D eigenvalue weighted by Crippen LogP contribution is -2.29. The first-order valence-corrected chi connectivity index (χ1v) is 8.12. The molecular weight excluding hydrogens is 284 g/mol. The summed E-state index contributed by atoms with van der Waals surface area (Å²) in [5.74, 6) is 1.59. The van der Waals surface area contributed by atoms with Crippen molar-refractivity contribution >= 4 is 16.5 Å². The predicted octanol–water partition coefficient (Wildman–Crippen LogP) is 3.82. The first-order chi connectivity index (χ1) is 10.3. The first kappa shape index (κ1) is 14.2. The molecule has 0 spiro atoms. The van der Waals surface area contributed by atoms with Crippen LogP contribution in [0.25, 0.3) is 11.3 Å². The maximum absolute atomic E-state index is 5.47. The van der Waals surface area contributed by atoms with Gasteiger partial charge in [0.1, 0.15) is 11.5 Å². The SMILES string of the molecule is COc1ccc(-c2csc(N3CCCCC3)n2)c(OC)c1. The monoisotopic (exact) mass is 304 g/mol. The number of anilines is 1. The first-order valence-electron chi connectivity index (χ1n) is 7.24. The molecule has 21 heavy (non-hydrogen) atoms. The van der Waals surface area contributed by atoms with Crippen molar-refractivity contribution in [3.63, 3.8) is 0 Å². The van der Waals surface area contributed by atoms with E-state index in [1.165, 1.54) is 19.3 Å². The van der Waals surface area contributed by atoms with Crippen LogP contribution in [0.2, 0.25) is 0 Å². The molecular formula is C16H20N2O2S. The largest absolute Gasteiger partial charge is 0.497 e. The van der Waals surface area contributed by atoms with Crippen molar-refractivity contribution < 1.29 is 9.47 Å². The highest BCUT2D eigenvalue weighted by atomic mass is 32.1. The third-order valence-corrected chi connectivity index (χ3v) is 4.70. The van der Waals surface area contributed by atoms with Crippen molar-refractivity contribution in [2.45, 2.75) is 19.3 Å². The Morgan fingerprint density at radius 3 is 2.62 bits per heavy atom. The Hall–Kier alpha value is -1.75. The van der Waals surface area contributed by atoms with Gasteiger partial charge in [0, 0.05) is 30.1 Å². The van der Waals surface area contributed by atoms with Gasteiger partial charge in [-0.25, -0.2) is 4.98 Å². The zero-order chi connectivity index (χ0) is 14.7. The molecule has 0 amide bonds. The van der Waals surface area contributed by atoms with Crippen LogP contribution >= 0.6 is 11.3 Å². The van der Waals surface area contributed by atoms with Crippen LogP contribution in [0.4, 0.5) is 5.13 Å². The molecule has 4 nitrogen and oxygen atoms in total. The van der Waals surface area contributed by atoms with E-state index in [0.717, 1.165) is 41.0 Å². The molecule has 1 fully saturated rings. The van der Waals surface area contributed by atoms with Crippen molar-refractivity contribution in [2.75, 3.05) is 32.2 Å². The molecule has 2 heterocycles. The molecule has 1 aromatic carbocycles. The average molecular weight is 304 g/mol. The zero-order valence-corrected chi connectivity index (χ0v) is 13.3. The van der Waals surface area contributed by atoms with Crippen LogP contribution < -0.4 is 14.4 Å². The number of rotatable bonds is 4. The number of aromatic nitrogens is 1. The molecule has 0 atom stereocenters.